The third kappa shape index (κ3) is 3.63. The normalized spacial score (nSPS) is 11.7. The van der Waals surface area contributed by atoms with Crippen molar-refractivity contribution in [1.29, 1.82) is 0 Å². The van der Waals surface area contributed by atoms with Crippen molar-refractivity contribution < 1.29 is 4.74 Å². The summed E-state index contributed by atoms with van der Waals surface area (Å²) >= 11 is 0. The highest BCUT2D eigenvalue weighted by Crippen LogP contribution is 2.47. The third-order valence-electron chi connectivity index (χ3n) is 7.65. The molecule has 188 valence electrons. The molecule has 0 unspecified atom stereocenters. The topological polar surface area (TPSA) is 27.1 Å². The van der Waals surface area contributed by atoms with Crippen molar-refractivity contribution >= 4 is 11.0 Å². The van der Waals surface area contributed by atoms with Gasteiger partial charge < -0.3 is 4.74 Å². The fraction of sp³-hybridized carbons (Fsp3) is 0. The second-order valence-electron chi connectivity index (χ2n) is 10.0. The molecule has 0 spiro atoms. The van der Waals surface area contributed by atoms with Crippen LogP contribution in [-0.2, 0) is 0 Å². The molecule has 1 aliphatic heterocycles. The fourth-order valence-electron chi connectivity index (χ4n) is 5.73. The smallest absolute Gasteiger partial charge is 0.145 e. The van der Waals surface area contributed by atoms with Gasteiger partial charge in [-0.1, -0.05) is 103 Å². The van der Waals surface area contributed by atoms with Gasteiger partial charge in [-0.15, -0.1) is 0 Å². The van der Waals surface area contributed by atoms with Gasteiger partial charge in [-0.2, -0.15) is 0 Å². The van der Waals surface area contributed by atoms with Gasteiger partial charge in [0, 0.05) is 22.4 Å². The predicted molar refractivity (Wildman–Crippen MR) is 163 cm³/mol. The lowest BCUT2D eigenvalue weighted by atomic mass is 9.92. The highest BCUT2D eigenvalue weighted by molar-refractivity contribution is 5.92. The van der Waals surface area contributed by atoms with Gasteiger partial charge in [-0.25, -0.2) is 4.98 Å². The van der Waals surface area contributed by atoms with E-state index in [1.165, 1.54) is 11.1 Å². The minimum atomic E-state index is 0.870. The molecule has 6 aromatic carbocycles. The number of hydrogen-bond donors (Lipinski definition) is 0. The van der Waals surface area contributed by atoms with E-state index < -0.39 is 0 Å². The van der Waals surface area contributed by atoms with E-state index in [2.05, 4.69) is 126 Å². The van der Waals surface area contributed by atoms with Crippen molar-refractivity contribution in [3.05, 3.63) is 146 Å². The Labute approximate surface area is 232 Å². The van der Waals surface area contributed by atoms with E-state index >= 15 is 0 Å². The molecule has 0 saturated heterocycles. The number of para-hydroxylation sites is 4. The van der Waals surface area contributed by atoms with Gasteiger partial charge in [0.1, 0.15) is 17.3 Å². The van der Waals surface area contributed by atoms with Crippen LogP contribution in [0.3, 0.4) is 0 Å². The highest BCUT2D eigenvalue weighted by atomic mass is 16.5. The van der Waals surface area contributed by atoms with Gasteiger partial charge in [-0.3, -0.25) is 4.57 Å². The van der Waals surface area contributed by atoms with Gasteiger partial charge in [-0.05, 0) is 64.7 Å². The fourth-order valence-corrected chi connectivity index (χ4v) is 5.73. The molecule has 0 aliphatic carbocycles. The molecule has 0 N–H and O–H groups in total. The van der Waals surface area contributed by atoms with Crippen LogP contribution < -0.4 is 4.74 Å². The Balaban J connectivity index is 1.22. The van der Waals surface area contributed by atoms with Crippen molar-refractivity contribution in [2.24, 2.45) is 0 Å². The Morgan fingerprint density at radius 1 is 0.450 bits per heavy atom. The van der Waals surface area contributed by atoms with E-state index in [4.69, 9.17) is 9.72 Å². The molecule has 1 aliphatic rings. The Morgan fingerprint density at radius 3 is 1.88 bits per heavy atom. The van der Waals surface area contributed by atoms with Crippen LogP contribution in [0.1, 0.15) is 0 Å². The second kappa shape index (κ2) is 9.11. The summed E-state index contributed by atoms with van der Waals surface area (Å²) in [6, 6.07) is 50.7. The van der Waals surface area contributed by atoms with Crippen molar-refractivity contribution in [1.82, 2.24) is 9.55 Å². The SMILES string of the molecule is c1ccc(-n2c(-c3ccc(-c4ccc5c(c4)-c4ccccc4-c4ccccc4O5)cc3)nc3ccccc32)cc1. The third-order valence-corrected chi connectivity index (χ3v) is 7.65. The van der Waals surface area contributed by atoms with Crippen LogP contribution in [0.15, 0.2) is 146 Å². The summed E-state index contributed by atoms with van der Waals surface area (Å²) in [5.41, 5.74) is 11.1. The minimum Gasteiger partial charge on any atom is -0.456 e. The number of nitrogens with zero attached hydrogens (tertiary/aromatic N) is 2. The Kier molecular flexibility index (Phi) is 5.14. The van der Waals surface area contributed by atoms with E-state index in [0.29, 0.717) is 0 Å². The molecule has 3 nitrogen and oxygen atoms in total. The first-order valence-corrected chi connectivity index (χ1v) is 13.5. The molecular formula is C37H24N2O. The molecule has 8 rings (SSSR count). The van der Waals surface area contributed by atoms with Gasteiger partial charge in [0.2, 0.25) is 0 Å². The number of benzene rings is 6. The Hall–Kier alpha value is -5.41. The second-order valence-corrected chi connectivity index (χ2v) is 10.0. The molecule has 1 aromatic heterocycles. The predicted octanol–water partition coefficient (Wildman–Crippen LogP) is 9.80. The van der Waals surface area contributed by atoms with E-state index in [1.807, 2.05) is 24.3 Å². The maximum absolute atomic E-state index is 6.43. The molecule has 0 radical (unpaired) electrons. The van der Waals surface area contributed by atoms with Crippen LogP contribution in [0, 0.1) is 0 Å². The van der Waals surface area contributed by atoms with Crippen LogP contribution >= 0.6 is 0 Å². The number of imidazole rings is 1. The van der Waals surface area contributed by atoms with Crippen LogP contribution in [0.2, 0.25) is 0 Å². The molecule has 7 aromatic rings. The Morgan fingerprint density at radius 2 is 1.05 bits per heavy atom. The zero-order valence-corrected chi connectivity index (χ0v) is 21.7. The largest absolute Gasteiger partial charge is 0.456 e. The van der Waals surface area contributed by atoms with Crippen LogP contribution in [0.25, 0.3) is 61.5 Å². The summed E-state index contributed by atoms with van der Waals surface area (Å²) in [7, 11) is 0. The lowest BCUT2D eigenvalue weighted by molar-refractivity contribution is 0.488. The summed E-state index contributed by atoms with van der Waals surface area (Å²) in [5, 5.41) is 0. The lowest BCUT2D eigenvalue weighted by Crippen LogP contribution is -1.97. The average molecular weight is 513 g/mol. The minimum absolute atomic E-state index is 0.870. The van der Waals surface area contributed by atoms with Crippen molar-refractivity contribution in [2.45, 2.75) is 0 Å². The quantitative estimate of drug-likeness (QED) is 0.236. The van der Waals surface area contributed by atoms with Gasteiger partial charge in [0.25, 0.3) is 0 Å². The summed E-state index contributed by atoms with van der Waals surface area (Å²) < 4.78 is 8.66. The molecule has 40 heavy (non-hydrogen) atoms. The number of aromatic nitrogens is 2. The van der Waals surface area contributed by atoms with E-state index in [-0.39, 0.29) is 0 Å². The standard InChI is InChI=1S/C37H24N2O/c1-2-10-28(11-3-1)39-34-16-8-7-15-33(34)38-37(39)26-20-18-25(19-21-26)27-22-23-36-32(24-27)30-13-5-4-12-29(30)31-14-6-9-17-35(31)40-36/h1-24H. The van der Waals surface area contributed by atoms with Crippen LogP contribution in [0.5, 0.6) is 11.5 Å². The maximum Gasteiger partial charge on any atom is 0.145 e. The van der Waals surface area contributed by atoms with E-state index in [0.717, 1.165) is 61.9 Å². The molecule has 3 heteroatoms. The van der Waals surface area contributed by atoms with Crippen molar-refractivity contribution in [2.75, 3.05) is 0 Å². The number of rotatable bonds is 3. The number of ether oxygens (including phenoxy) is 1. The molecule has 0 amide bonds. The average Bonchev–Trinajstić information content (AvgIpc) is 3.35. The first-order chi connectivity index (χ1) is 19.8. The molecule has 0 fully saturated rings. The Bertz CT molecular complexity index is 2020. The number of fused-ring (bicyclic) bond motifs is 6. The zero-order chi connectivity index (χ0) is 26.5. The maximum atomic E-state index is 6.43. The summed E-state index contributed by atoms with van der Waals surface area (Å²) in [6.07, 6.45) is 0. The lowest BCUT2D eigenvalue weighted by Gasteiger charge is -2.12. The van der Waals surface area contributed by atoms with Gasteiger partial charge in [0.05, 0.1) is 11.0 Å². The highest BCUT2D eigenvalue weighted by Gasteiger charge is 2.21. The van der Waals surface area contributed by atoms with Crippen molar-refractivity contribution in [3.63, 3.8) is 0 Å². The van der Waals surface area contributed by atoms with Crippen molar-refractivity contribution in [3.8, 4) is 62.0 Å². The van der Waals surface area contributed by atoms with Gasteiger partial charge in [0.15, 0.2) is 0 Å². The van der Waals surface area contributed by atoms with Gasteiger partial charge >= 0.3 is 0 Å². The molecule has 0 saturated carbocycles. The summed E-state index contributed by atoms with van der Waals surface area (Å²) in [4.78, 5) is 5.02. The number of hydrogen-bond acceptors (Lipinski definition) is 2. The van der Waals surface area contributed by atoms with E-state index in [9.17, 15) is 0 Å². The monoisotopic (exact) mass is 512 g/mol. The molecule has 2 heterocycles. The molecule has 0 bridgehead atoms. The first kappa shape index (κ1) is 22.6. The summed E-state index contributed by atoms with van der Waals surface area (Å²) in [6.45, 7) is 0. The molecular weight excluding hydrogens is 488 g/mol. The molecule has 0 atom stereocenters. The van der Waals surface area contributed by atoms with Crippen LogP contribution in [-0.4, -0.2) is 9.55 Å². The van der Waals surface area contributed by atoms with E-state index in [1.54, 1.807) is 0 Å². The van der Waals surface area contributed by atoms with Crippen LogP contribution in [0.4, 0.5) is 0 Å². The first-order valence-electron chi connectivity index (χ1n) is 13.5. The zero-order valence-electron chi connectivity index (χ0n) is 21.7. The summed E-state index contributed by atoms with van der Waals surface area (Å²) in [5.74, 6) is 2.68.